The largest absolute Gasteiger partial charge is 0.489 e. The van der Waals surface area contributed by atoms with Crippen LogP contribution in [0.4, 0.5) is 0 Å². The lowest BCUT2D eigenvalue weighted by molar-refractivity contribution is 0.0963. The summed E-state index contributed by atoms with van der Waals surface area (Å²) in [6.07, 6.45) is 0. The molecule has 0 aliphatic carbocycles. The van der Waals surface area contributed by atoms with E-state index in [2.05, 4.69) is 11.4 Å². The van der Waals surface area contributed by atoms with Gasteiger partial charge in [-0.3, -0.25) is 4.79 Å². The Balaban J connectivity index is 2.00. The molecule has 0 atom stereocenters. The van der Waals surface area contributed by atoms with Crippen LogP contribution < -0.4 is 10.1 Å². The van der Waals surface area contributed by atoms with Gasteiger partial charge >= 0.3 is 0 Å². The van der Waals surface area contributed by atoms with Crippen molar-refractivity contribution in [1.82, 2.24) is 5.32 Å². The summed E-state index contributed by atoms with van der Waals surface area (Å²) < 4.78 is 5.62. The quantitative estimate of drug-likeness (QED) is 0.924. The van der Waals surface area contributed by atoms with Crippen molar-refractivity contribution in [2.24, 2.45) is 0 Å². The molecule has 0 aromatic heterocycles. The highest BCUT2D eigenvalue weighted by atomic mass is 16.5. The van der Waals surface area contributed by atoms with Gasteiger partial charge in [-0.05, 0) is 42.0 Å². The van der Waals surface area contributed by atoms with Crippen molar-refractivity contribution in [2.75, 3.05) is 7.05 Å². The van der Waals surface area contributed by atoms with Gasteiger partial charge in [0.05, 0.1) is 11.6 Å². The lowest BCUT2D eigenvalue weighted by atomic mass is 10.1. The zero-order chi connectivity index (χ0) is 14.4. The Hall–Kier alpha value is -2.80. The molecule has 2 aromatic carbocycles. The average molecular weight is 266 g/mol. The number of carbonyl (C=O) groups is 1. The molecule has 4 nitrogen and oxygen atoms in total. The zero-order valence-corrected chi connectivity index (χ0v) is 11.1. The highest BCUT2D eigenvalue weighted by molar-refractivity contribution is 5.94. The van der Waals surface area contributed by atoms with Crippen LogP contribution in [0.2, 0.25) is 0 Å². The molecular formula is C16H14N2O2. The van der Waals surface area contributed by atoms with E-state index in [4.69, 9.17) is 10.00 Å². The molecule has 0 radical (unpaired) electrons. The van der Waals surface area contributed by atoms with Crippen molar-refractivity contribution in [1.29, 1.82) is 5.26 Å². The first-order valence-corrected chi connectivity index (χ1v) is 6.17. The van der Waals surface area contributed by atoms with Crippen LogP contribution in [-0.2, 0) is 6.61 Å². The minimum absolute atomic E-state index is 0.127. The van der Waals surface area contributed by atoms with Gasteiger partial charge in [0.25, 0.3) is 5.91 Å². The van der Waals surface area contributed by atoms with Crippen LogP contribution in [-0.4, -0.2) is 13.0 Å². The van der Waals surface area contributed by atoms with Crippen molar-refractivity contribution >= 4 is 5.91 Å². The van der Waals surface area contributed by atoms with E-state index in [0.717, 1.165) is 5.56 Å². The van der Waals surface area contributed by atoms with Gasteiger partial charge in [-0.2, -0.15) is 5.26 Å². The molecule has 0 bridgehead atoms. The summed E-state index contributed by atoms with van der Waals surface area (Å²) in [6, 6.07) is 16.3. The van der Waals surface area contributed by atoms with Crippen LogP contribution in [0.15, 0.2) is 48.5 Å². The molecule has 1 amide bonds. The third-order valence-electron chi connectivity index (χ3n) is 2.81. The summed E-state index contributed by atoms with van der Waals surface area (Å²) in [5.41, 5.74) is 2.13. The Morgan fingerprint density at radius 3 is 2.65 bits per heavy atom. The van der Waals surface area contributed by atoms with Gasteiger partial charge < -0.3 is 10.1 Å². The summed E-state index contributed by atoms with van der Waals surface area (Å²) in [7, 11) is 1.59. The Kier molecular flexibility index (Phi) is 4.35. The molecule has 0 saturated heterocycles. The van der Waals surface area contributed by atoms with Gasteiger partial charge in [-0.25, -0.2) is 0 Å². The van der Waals surface area contributed by atoms with Gasteiger partial charge in [0.1, 0.15) is 12.4 Å². The van der Waals surface area contributed by atoms with Crippen LogP contribution in [0.1, 0.15) is 21.5 Å². The molecule has 0 aliphatic rings. The zero-order valence-electron chi connectivity index (χ0n) is 11.1. The molecule has 0 saturated carbocycles. The first-order chi connectivity index (χ1) is 9.72. The number of hydrogen-bond acceptors (Lipinski definition) is 3. The number of nitriles is 1. The van der Waals surface area contributed by atoms with E-state index in [1.165, 1.54) is 0 Å². The maximum absolute atomic E-state index is 11.4. The molecule has 0 spiro atoms. The predicted molar refractivity (Wildman–Crippen MR) is 75.3 cm³/mol. The third-order valence-corrected chi connectivity index (χ3v) is 2.81. The molecule has 0 heterocycles. The maximum atomic E-state index is 11.4. The summed E-state index contributed by atoms with van der Waals surface area (Å²) in [5.74, 6) is 0.554. The number of rotatable bonds is 4. The van der Waals surface area contributed by atoms with E-state index in [1.54, 1.807) is 43.4 Å². The second kappa shape index (κ2) is 6.39. The fraction of sp³-hybridized carbons (Fsp3) is 0.125. The van der Waals surface area contributed by atoms with E-state index in [1.807, 2.05) is 12.1 Å². The van der Waals surface area contributed by atoms with Crippen molar-refractivity contribution in [3.8, 4) is 11.8 Å². The van der Waals surface area contributed by atoms with Gasteiger partial charge in [-0.1, -0.05) is 12.1 Å². The monoisotopic (exact) mass is 266 g/mol. The molecule has 4 heteroatoms. The summed E-state index contributed by atoms with van der Waals surface area (Å²) in [5, 5.41) is 11.4. The minimum atomic E-state index is -0.127. The fourth-order valence-electron chi connectivity index (χ4n) is 1.74. The number of hydrogen-bond donors (Lipinski definition) is 1. The highest BCUT2D eigenvalue weighted by Gasteiger charge is 2.03. The van der Waals surface area contributed by atoms with Crippen LogP contribution in [0.5, 0.6) is 5.75 Å². The van der Waals surface area contributed by atoms with Gasteiger partial charge in [0.15, 0.2) is 0 Å². The van der Waals surface area contributed by atoms with E-state index in [9.17, 15) is 4.79 Å². The molecule has 0 aliphatic heterocycles. The standard InChI is InChI=1S/C16H14N2O2/c1-18-16(19)14-5-7-15(8-6-14)20-11-13-4-2-3-12(9-13)10-17/h2-9H,11H2,1H3,(H,18,19). The molecule has 100 valence electrons. The average Bonchev–Trinajstić information content (AvgIpc) is 2.53. The minimum Gasteiger partial charge on any atom is -0.489 e. The molecule has 20 heavy (non-hydrogen) atoms. The number of nitrogens with one attached hydrogen (secondary N) is 1. The van der Waals surface area contributed by atoms with E-state index >= 15 is 0 Å². The summed E-state index contributed by atoms with van der Waals surface area (Å²) >= 11 is 0. The number of benzene rings is 2. The molecular weight excluding hydrogens is 252 g/mol. The first kappa shape index (κ1) is 13.6. The van der Waals surface area contributed by atoms with E-state index in [-0.39, 0.29) is 5.91 Å². The molecule has 0 unspecified atom stereocenters. The topological polar surface area (TPSA) is 62.1 Å². The SMILES string of the molecule is CNC(=O)c1ccc(OCc2cccc(C#N)c2)cc1. The Morgan fingerprint density at radius 2 is 2.00 bits per heavy atom. The van der Waals surface area contributed by atoms with Crippen molar-refractivity contribution in [3.05, 3.63) is 65.2 Å². The number of nitrogens with zero attached hydrogens (tertiary/aromatic N) is 1. The van der Waals surface area contributed by atoms with Crippen LogP contribution in [0.25, 0.3) is 0 Å². The van der Waals surface area contributed by atoms with Gasteiger partial charge in [0.2, 0.25) is 0 Å². The second-order valence-electron chi connectivity index (χ2n) is 4.20. The van der Waals surface area contributed by atoms with Crippen LogP contribution >= 0.6 is 0 Å². The van der Waals surface area contributed by atoms with Crippen LogP contribution in [0.3, 0.4) is 0 Å². The van der Waals surface area contributed by atoms with Crippen molar-refractivity contribution < 1.29 is 9.53 Å². The molecule has 0 fully saturated rings. The normalized spacial score (nSPS) is 9.60. The summed E-state index contributed by atoms with van der Waals surface area (Å²) in [6.45, 7) is 0.384. The molecule has 2 aromatic rings. The van der Waals surface area contributed by atoms with Crippen molar-refractivity contribution in [3.63, 3.8) is 0 Å². The lowest BCUT2D eigenvalue weighted by Gasteiger charge is -2.07. The number of carbonyl (C=O) groups excluding carboxylic acids is 1. The number of ether oxygens (including phenoxy) is 1. The number of amides is 1. The van der Waals surface area contributed by atoms with Crippen LogP contribution in [0, 0.1) is 11.3 Å². The molecule has 1 N–H and O–H groups in total. The van der Waals surface area contributed by atoms with E-state index < -0.39 is 0 Å². The van der Waals surface area contributed by atoms with Gasteiger partial charge in [-0.15, -0.1) is 0 Å². The lowest BCUT2D eigenvalue weighted by Crippen LogP contribution is -2.17. The highest BCUT2D eigenvalue weighted by Crippen LogP contribution is 2.14. The predicted octanol–water partition coefficient (Wildman–Crippen LogP) is 2.50. The van der Waals surface area contributed by atoms with Gasteiger partial charge in [0, 0.05) is 12.6 Å². The summed E-state index contributed by atoms with van der Waals surface area (Å²) in [4.78, 5) is 11.4. The Morgan fingerprint density at radius 1 is 1.25 bits per heavy atom. The Labute approximate surface area is 117 Å². The fourth-order valence-corrected chi connectivity index (χ4v) is 1.74. The maximum Gasteiger partial charge on any atom is 0.251 e. The van der Waals surface area contributed by atoms with E-state index in [0.29, 0.717) is 23.5 Å². The second-order valence-corrected chi connectivity index (χ2v) is 4.20. The third kappa shape index (κ3) is 3.36. The van der Waals surface area contributed by atoms with Crippen molar-refractivity contribution in [2.45, 2.75) is 6.61 Å². The smallest absolute Gasteiger partial charge is 0.251 e. The molecule has 2 rings (SSSR count). The Bertz CT molecular complexity index is 642. The first-order valence-electron chi connectivity index (χ1n) is 6.17.